The zero-order chi connectivity index (χ0) is 16.5. The minimum Gasteiger partial charge on any atom is -0.393 e. The van der Waals surface area contributed by atoms with Crippen LogP contribution in [0.4, 0.5) is 0 Å². The molecule has 0 aromatic carbocycles. The number of ketones is 1. The van der Waals surface area contributed by atoms with Crippen molar-refractivity contribution in [2.75, 3.05) is 0 Å². The second-order valence-electron chi connectivity index (χ2n) is 9.49. The van der Waals surface area contributed by atoms with Gasteiger partial charge in [-0.05, 0) is 73.5 Å². The minimum absolute atomic E-state index is 0.112. The van der Waals surface area contributed by atoms with Crippen LogP contribution in [-0.2, 0) is 4.79 Å². The topological polar surface area (TPSA) is 61.2 Å². The molecule has 7 unspecified atom stereocenters. The first-order chi connectivity index (χ1) is 10.9. The van der Waals surface area contributed by atoms with Crippen LogP contribution in [0.3, 0.4) is 0 Å². The SMILES string of the molecule is CC12CCC3C(CCC4(C=N)CC(=O)CCC34C)C1CCC2O. The van der Waals surface area contributed by atoms with E-state index in [9.17, 15) is 9.90 Å². The van der Waals surface area contributed by atoms with Crippen molar-refractivity contribution in [1.29, 1.82) is 5.41 Å². The Hall–Kier alpha value is -0.700. The Labute approximate surface area is 139 Å². The van der Waals surface area contributed by atoms with Gasteiger partial charge in [0.15, 0.2) is 0 Å². The van der Waals surface area contributed by atoms with Crippen LogP contribution in [-0.4, -0.2) is 23.2 Å². The smallest absolute Gasteiger partial charge is 0.133 e. The molecule has 4 aliphatic carbocycles. The van der Waals surface area contributed by atoms with Crippen LogP contribution >= 0.6 is 0 Å². The molecule has 4 aliphatic rings. The summed E-state index contributed by atoms with van der Waals surface area (Å²) in [4.78, 5) is 12.1. The van der Waals surface area contributed by atoms with Crippen molar-refractivity contribution >= 4 is 12.0 Å². The summed E-state index contributed by atoms with van der Waals surface area (Å²) >= 11 is 0. The molecule has 4 fully saturated rings. The number of fused-ring (bicyclic) bond motifs is 5. The Balaban J connectivity index is 1.71. The summed E-state index contributed by atoms with van der Waals surface area (Å²) in [7, 11) is 0. The standard InChI is InChI=1S/C20H31NO2/c1-18-8-7-16-14(15(18)3-4-17(18)23)6-10-20(12-21)11-13(22)5-9-19(16,20)2/h12,14-17,21,23H,3-11H2,1-2H3. The molecule has 0 saturated heterocycles. The summed E-state index contributed by atoms with van der Waals surface area (Å²) in [6.07, 6.45) is 10.4. The number of rotatable bonds is 1. The molecule has 0 aliphatic heterocycles. The summed E-state index contributed by atoms with van der Waals surface area (Å²) in [5.74, 6) is 2.34. The van der Waals surface area contributed by atoms with Gasteiger partial charge in [0.25, 0.3) is 0 Å². The van der Waals surface area contributed by atoms with Crippen LogP contribution in [0.1, 0.15) is 71.6 Å². The van der Waals surface area contributed by atoms with Crippen molar-refractivity contribution in [3.05, 3.63) is 0 Å². The van der Waals surface area contributed by atoms with Gasteiger partial charge in [-0.3, -0.25) is 4.79 Å². The van der Waals surface area contributed by atoms with E-state index in [1.54, 1.807) is 6.21 Å². The lowest BCUT2D eigenvalue weighted by Gasteiger charge is -2.63. The van der Waals surface area contributed by atoms with Gasteiger partial charge in [-0.1, -0.05) is 13.8 Å². The zero-order valence-electron chi connectivity index (χ0n) is 14.6. The highest BCUT2D eigenvalue weighted by molar-refractivity contribution is 5.85. The zero-order valence-corrected chi connectivity index (χ0v) is 14.6. The molecule has 0 bridgehead atoms. The van der Waals surface area contributed by atoms with Crippen molar-refractivity contribution in [2.24, 2.45) is 34.0 Å². The highest BCUT2D eigenvalue weighted by Crippen LogP contribution is 2.69. The van der Waals surface area contributed by atoms with Gasteiger partial charge in [0.1, 0.15) is 5.78 Å². The number of carbonyl (C=O) groups is 1. The monoisotopic (exact) mass is 317 g/mol. The third-order valence-electron chi connectivity index (χ3n) is 8.98. The molecule has 23 heavy (non-hydrogen) atoms. The minimum atomic E-state index is -0.186. The van der Waals surface area contributed by atoms with E-state index in [1.165, 1.54) is 12.8 Å². The number of Topliss-reactive ketones (excluding diaryl/α,β-unsaturated/α-hetero) is 1. The Bertz CT molecular complexity index is 546. The van der Waals surface area contributed by atoms with Crippen LogP contribution in [0.15, 0.2) is 0 Å². The summed E-state index contributed by atoms with van der Waals surface area (Å²) < 4.78 is 0. The van der Waals surface area contributed by atoms with Crippen molar-refractivity contribution < 1.29 is 9.90 Å². The molecule has 4 saturated carbocycles. The van der Waals surface area contributed by atoms with Gasteiger partial charge >= 0.3 is 0 Å². The van der Waals surface area contributed by atoms with Gasteiger partial charge in [0.2, 0.25) is 0 Å². The van der Waals surface area contributed by atoms with Crippen LogP contribution < -0.4 is 0 Å². The van der Waals surface area contributed by atoms with E-state index in [0.717, 1.165) is 32.1 Å². The van der Waals surface area contributed by atoms with E-state index in [4.69, 9.17) is 5.41 Å². The molecule has 4 rings (SSSR count). The fourth-order valence-corrected chi connectivity index (χ4v) is 7.38. The van der Waals surface area contributed by atoms with Gasteiger partial charge in [0, 0.05) is 24.5 Å². The highest BCUT2D eigenvalue weighted by Gasteiger charge is 2.64. The Morgan fingerprint density at radius 1 is 1.09 bits per heavy atom. The number of hydrogen-bond acceptors (Lipinski definition) is 3. The average molecular weight is 317 g/mol. The number of carbonyl (C=O) groups excluding carboxylic acids is 1. The molecule has 0 aromatic rings. The number of hydrogen-bond donors (Lipinski definition) is 2. The lowest BCUT2D eigenvalue weighted by atomic mass is 9.40. The summed E-state index contributed by atoms with van der Waals surface area (Å²) in [6, 6.07) is 0. The van der Waals surface area contributed by atoms with Gasteiger partial charge in [-0.15, -0.1) is 0 Å². The molecule has 3 heteroatoms. The van der Waals surface area contributed by atoms with E-state index in [0.29, 0.717) is 36.4 Å². The summed E-state index contributed by atoms with van der Waals surface area (Å²) in [5.41, 5.74) is 0.0433. The Morgan fingerprint density at radius 3 is 2.61 bits per heavy atom. The van der Waals surface area contributed by atoms with Gasteiger partial charge in [-0.25, -0.2) is 0 Å². The molecule has 0 heterocycles. The first-order valence-electron chi connectivity index (χ1n) is 9.58. The lowest BCUT2D eigenvalue weighted by Crippen LogP contribution is -2.59. The molecule has 0 spiro atoms. The number of aliphatic hydroxyl groups is 1. The van der Waals surface area contributed by atoms with E-state index in [2.05, 4.69) is 13.8 Å². The summed E-state index contributed by atoms with van der Waals surface area (Å²) in [6.45, 7) is 4.70. The van der Waals surface area contributed by atoms with E-state index >= 15 is 0 Å². The third kappa shape index (κ3) is 1.86. The molecular formula is C20H31NO2. The number of aliphatic hydroxyl groups excluding tert-OH is 1. The normalized spacial score (nSPS) is 55.7. The predicted octanol–water partition coefficient (Wildman–Crippen LogP) is 3.98. The molecule has 0 amide bonds. The fourth-order valence-electron chi connectivity index (χ4n) is 7.38. The second kappa shape index (κ2) is 4.91. The number of nitrogens with one attached hydrogen (secondary N) is 1. The maximum Gasteiger partial charge on any atom is 0.133 e. The molecular weight excluding hydrogens is 286 g/mol. The predicted molar refractivity (Wildman–Crippen MR) is 90.5 cm³/mol. The maximum absolute atomic E-state index is 12.1. The Morgan fingerprint density at radius 2 is 1.87 bits per heavy atom. The molecule has 128 valence electrons. The molecule has 0 aromatic heterocycles. The van der Waals surface area contributed by atoms with Crippen LogP contribution in [0.2, 0.25) is 0 Å². The van der Waals surface area contributed by atoms with Crippen molar-refractivity contribution in [3.63, 3.8) is 0 Å². The van der Waals surface area contributed by atoms with Crippen molar-refractivity contribution in [3.8, 4) is 0 Å². The van der Waals surface area contributed by atoms with Crippen LogP contribution in [0, 0.1) is 39.4 Å². The highest BCUT2D eigenvalue weighted by atomic mass is 16.3. The van der Waals surface area contributed by atoms with E-state index < -0.39 is 0 Å². The van der Waals surface area contributed by atoms with E-state index in [-0.39, 0.29) is 22.3 Å². The molecule has 2 N–H and O–H groups in total. The largest absolute Gasteiger partial charge is 0.393 e. The van der Waals surface area contributed by atoms with Crippen LogP contribution in [0.25, 0.3) is 0 Å². The summed E-state index contributed by atoms with van der Waals surface area (Å²) in [5, 5.41) is 18.7. The van der Waals surface area contributed by atoms with Gasteiger partial charge < -0.3 is 10.5 Å². The van der Waals surface area contributed by atoms with E-state index in [1.807, 2.05) is 0 Å². The first kappa shape index (κ1) is 15.8. The molecule has 3 nitrogen and oxygen atoms in total. The lowest BCUT2D eigenvalue weighted by molar-refractivity contribution is -0.152. The average Bonchev–Trinajstić information content (AvgIpc) is 2.84. The molecule has 0 radical (unpaired) electrons. The molecule has 7 atom stereocenters. The Kier molecular flexibility index (Phi) is 3.37. The second-order valence-corrected chi connectivity index (χ2v) is 9.49. The van der Waals surface area contributed by atoms with Crippen molar-refractivity contribution in [2.45, 2.75) is 77.7 Å². The van der Waals surface area contributed by atoms with Gasteiger partial charge in [0.05, 0.1) is 6.10 Å². The van der Waals surface area contributed by atoms with Crippen LogP contribution in [0.5, 0.6) is 0 Å². The third-order valence-corrected chi connectivity index (χ3v) is 8.98. The van der Waals surface area contributed by atoms with Gasteiger partial charge in [-0.2, -0.15) is 0 Å². The quantitative estimate of drug-likeness (QED) is 0.719. The first-order valence-corrected chi connectivity index (χ1v) is 9.58. The maximum atomic E-state index is 12.1. The fraction of sp³-hybridized carbons (Fsp3) is 0.900. The van der Waals surface area contributed by atoms with Crippen molar-refractivity contribution in [1.82, 2.24) is 0 Å².